The highest BCUT2D eigenvalue weighted by Gasteiger charge is 2.31. The third-order valence-corrected chi connectivity index (χ3v) is 6.32. The number of hydrogen-bond donors (Lipinski definition) is 1. The molecule has 1 N–H and O–H groups in total. The number of halogens is 1. The first-order chi connectivity index (χ1) is 17.9. The van der Waals surface area contributed by atoms with Gasteiger partial charge in [-0.05, 0) is 48.6 Å². The molecule has 0 radical (unpaired) electrons. The van der Waals surface area contributed by atoms with Gasteiger partial charge >= 0.3 is 0 Å². The summed E-state index contributed by atoms with van der Waals surface area (Å²) in [5.41, 5.74) is 1.84. The van der Waals surface area contributed by atoms with Gasteiger partial charge in [0.2, 0.25) is 5.91 Å². The average molecular weight is 515 g/mol. The van der Waals surface area contributed by atoms with E-state index in [4.69, 9.17) is 16.3 Å². The maximum atomic E-state index is 13.7. The lowest BCUT2D eigenvalue weighted by molar-refractivity contribution is -0.143. The first-order valence-corrected chi connectivity index (χ1v) is 12.8. The van der Waals surface area contributed by atoms with Crippen molar-refractivity contribution in [2.75, 3.05) is 6.61 Å². The van der Waals surface area contributed by atoms with E-state index >= 15 is 0 Å². The van der Waals surface area contributed by atoms with E-state index in [1.54, 1.807) is 17.0 Å². The SMILES string of the molecule is CC(C)NC(=O)[C@H](Cc1ccccc1)N(Cc1ccc(Cl)cc1)C(=O)COc1cccc2ccccc12. The highest BCUT2D eigenvalue weighted by atomic mass is 35.5. The normalized spacial score (nSPS) is 11.8. The highest BCUT2D eigenvalue weighted by molar-refractivity contribution is 6.30. The lowest BCUT2D eigenvalue weighted by Gasteiger charge is -2.32. The first kappa shape index (κ1) is 26.2. The van der Waals surface area contributed by atoms with Gasteiger partial charge in [0, 0.05) is 29.4 Å². The Labute approximate surface area is 223 Å². The van der Waals surface area contributed by atoms with Gasteiger partial charge in [0.15, 0.2) is 6.61 Å². The molecule has 2 amide bonds. The fourth-order valence-electron chi connectivity index (χ4n) is 4.27. The number of amides is 2. The summed E-state index contributed by atoms with van der Waals surface area (Å²) in [4.78, 5) is 28.8. The second-order valence-electron chi connectivity index (χ2n) is 9.28. The molecular formula is C31H31ClN2O3. The van der Waals surface area contributed by atoms with Crippen LogP contribution in [0.25, 0.3) is 10.8 Å². The molecule has 4 aromatic carbocycles. The van der Waals surface area contributed by atoms with E-state index in [1.165, 1.54) is 0 Å². The molecule has 0 heterocycles. The van der Waals surface area contributed by atoms with Gasteiger partial charge in [-0.1, -0.05) is 90.5 Å². The Morgan fingerprint density at radius 3 is 2.24 bits per heavy atom. The summed E-state index contributed by atoms with van der Waals surface area (Å²) in [5.74, 6) is 0.151. The van der Waals surface area contributed by atoms with Gasteiger partial charge in [-0.25, -0.2) is 0 Å². The lowest BCUT2D eigenvalue weighted by atomic mass is 10.0. The molecule has 0 spiro atoms. The maximum absolute atomic E-state index is 13.7. The van der Waals surface area contributed by atoms with Crippen LogP contribution in [-0.2, 0) is 22.6 Å². The van der Waals surface area contributed by atoms with Crippen molar-refractivity contribution in [2.24, 2.45) is 0 Å². The van der Waals surface area contributed by atoms with Crippen LogP contribution in [0.4, 0.5) is 0 Å². The second-order valence-corrected chi connectivity index (χ2v) is 9.72. The maximum Gasteiger partial charge on any atom is 0.261 e. The van der Waals surface area contributed by atoms with E-state index in [2.05, 4.69) is 5.32 Å². The average Bonchev–Trinajstić information content (AvgIpc) is 2.90. The minimum Gasteiger partial charge on any atom is -0.483 e. The van der Waals surface area contributed by atoms with Crippen molar-refractivity contribution in [3.8, 4) is 5.75 Å². The fourth-order valence-corrected chi connectivity index (χ4v) is 4.39. The minimum atomic E-state index is -0.718. The minimum absolute atomic E-state index is 0.0646. The van der Waals surface area contributed by atoms with Crippen LogP contribution < -0.4 is 10.1 Å². The van der Waals surface area contributed by atoms with E-state index in [-0.39, 0.29) is 31.0 Å². The molecule has 6 heteroatoms. The van der Waals surface area contributed by atoms with Crippen LogP contribution in [0.3, 0.4) is 0 Å². The standard InChI is InChI=1S/C31H31ClN2O3/c1-22(2)33-31(36)28(19-23-9-4-3-5-10-23)34(20-24-15-17-26(32)18-16-24)30(35)21-37-29-14-8-12-25-11-6-7-13-27(25)29/h3-18,22,28H,19-21H2,1-2H3,(H,33,36)/t28-/m0/s1. The zero-order valence-corrected chi connectivity index (χ0v) is 21.8. The quantitative estimate of drug-likeness (QED) is 0.281. The molecule has 0 aromatic heterocycles. The molecule has 37 heavy (non-hydrogen) atoms. The lowest BCUT2D eigenvalue weighted by Crippen LogP contribution is -2.52. The molecule has 4 aromatic rings. The van der Waals surface area contributed by atoms with E-state index < -0.39 is 6.04 Å². The molecule has 190 valence electrons. The molecular weight excluding hydrogens is 484 g/mol. The fraction of sp³-hybridized carbons (Fsp3) is 0.226. The van der Waals surface area contributed by atoms with Crippen LogP contribution in [0.1, 0.15) is 25.0 Å². The zero-order valence-electron chi connectivity index (χ0n) is 21.1. The Bertz CT molecular complexity index is 1330. The number of carbonyl (C=O) groups is 2. The van der Waals surface area contributed by atoms with Crippen molar-refractivity contribution in [1.82, 2.24) is 10.2 Å². The van der Waals surface area contributed by atoms with Gasteiger partial charge < -0.3 is 15.0 Å². The number of nitrogens with zero attached hydrogens (tertiary/aromatic N) is 1. The van der Waals surface area contributed by atoms with Gasteiger partial charge in [-0.15, -0.1) is 0 Å². The number of fused-ring (bicyclic) bond motifs is 1. The van der Waals surface area contributed by atoms with Gasteiger partial charge in [-0.2, -0.15) is 0 Å². The molecule has 0 aliphatic heterocycles. The molecule has 0 aliphatic rings. The number of ether oxygens (including phenoxy) is 1. The van der Waals surface area contributed by atoms with Crippen molar-refractivity contribution < 1.29 is 14.3 Å². The van der Waals surface area contributed by atoms with Gasteiger partial charge in [0.25, 0.3) is 5.91 Å². The first-order valence-electron chi connectivity index (χ1n) is 12.4. The van der Waals surface area contributed by atoms with Crippen molar-refractivity contribution >= 4 is 34.2 Å². The number of benzene rings is 4. The Hall–Kier alpha value is -3.83. The van der Waals surface area contributed by atoms with Gasteiger partial charge in [-0.3, -0.25) is 9.59 Å². The molecule has 0 aliphatic carbocycles. The van der Waals surface area contributed by atoms with Crippen LogP contribution in [0, 0.1) is 0 Å². The van der Waals surface area contributed by atoms with Crippen molar-refractivity contribution in [2.45, 2.75) is 38.9 Å². The van der Waals surface area contributed by atoms with Crippen LogP contribution in [0.5, 0.6) is 5.75 Å². The predicted molar refractivity (Wildman–Crippen MR) is 149 cm³/mol. The smallest absolute Gasteiger partial charge is 0.261 e. The van der Waals surface area contributed by atoms with Crippen LogP contribution in [0.15, 0.2) is 97.1 Å². The predicted octanol–water partition coefficient (Wildman–Crippen LogP) is 6.04. The van der Waals surface area contributed by atoms with Crippen molar-refractivity contribution in [1.29, 1.82) is 0 Å². The number of nitrogens with one attached hydrogen (secondary N) is 1. The molecule has 1 atom stereocenters. The van der Waals surface area contributed by atoms with Gasteiger partial charge in [0.1, 0.15) is 11.8 Å². The second kappa shape index (κ2) is 12.4. The summed E-state index contributed by atoms with van der Waals surface area (Å²) in [5, 5.41) is 5.57. The zero-order chi connectivity index (χ0) is 26.2. The number of rotatable bonds is 10. The van der Waals surface area contributed by atoms with E-state index in [9.17, 15) is 9.59 Å². The number of hydrogen-bond acceptors (Lipinski definition) is 3. The molecule has 0 saturated heterocycles. The van der Waals surface area contributed by atoms with E-state index in [1.807, 2.05) is 98.8 Å². The molecule has 4 rings (SSSR count). The van der Waals surface area contributed by atoms with Crippen molar-refractivity contribution in [3.05, 3.63) is 113 Å². The topological polar surface area (TPSA) is 58.6 Å². The molecule has 5 nitrogen and oxygen atoms in total. The van der Waals surface area contributed by atoms with Crippen molar-refractivity contribution in [3.63, 3.8) is 0 Å². The largest absolute Gasteiger partial charge is 0.483 e. The highest BCUT2D eigenvalue weighted by Crippen LogP contribution is 2.25. The molecule has 0 bridgehead atoms. The third-order valence-electron chi connectivity index (χ3n) is 6.07. The Kier molecular flexibility index (Phi) is 8.81. The molecule has 0 unspecified atom stereocenters. The molecule has 0 saturated carbocycles. The Morgan fingerprint density at radius 1 is 0.838 bits per heavy atom. The Balaban J connectivity index is 1.64. The summed E-state index contributed by atoms with van der Waals surface area (Å²) in [7, 11) is 0. The van der Waals surface area contributed by atoms with Crippen LogP contribution in [-0.4, -0.2) is 35.4 Å². The van der Waals surface area contributed by atoms with E-state index in [0.29, 0.717) is 17.2 Å². The Morgan fingerprint density at radius 2 is 1.51 bits per heavy atom. The monoisotopic (exact) mass is 514 g/mol. The van der Waals surface area contributed by atoms with Crippen LogP contribution in [0.2, 0.25) is 5.02 Å². The summed E-state index contributed by atoms with van der Waals surface area (Å²) < 4.78 is 6.04. The van der Waals surface area contributed by atoms with E-state index in [0.717, 1.165) is 21.9 Å². The van der Waals surface area contributed by atoms with Crippen LogP contribution >= 0.6 is 11.6 Å². The number of carbonyl (C=O) groups excluding carboxylic acids is 2. The summed E-state index contributed by atoms with van der Waals surface area (Å²) in [6.07, 6.45) is 0.382. The summed E-state index contributed by atoms with van der Waals surface area (Å²) in [6.45, 7) is 3.87. The summed E-state index contributed by atoms with van der Waals surface area (Å²) in [6, 6.07) is 29.9. The molecule has 0 fully saturated rings. The van der Waals surface area contributed by atoms with Gasteiger partial charge in [0.05, 0.1) is 0 Å². The summed E-state index contributed by atoms with van der Waals surface area (Å²) >= 11 is 6.09. The third kappa shape index (κ3) is 7.11.